The molecule has 24 heavy (non-hydrogen) atoms. The van der Waals surface area contributed by atoms with Crippen LogP contribution in [0.5, 0.6) is 0 Å². The molecule has 0 radical (unpaired) electrons. The molecule has 0 saturated carbocycles. The van der Waals surface area contributed by atoms with Crippen molar-refractivity contribution in [2.24, 2.45) is 0 Å². The smallest absolute Gasteiger partial charge is 0.348 e. The predicted molar refractivity (Wildman–Crippen MR) is 81.9 cm³/mol. The van der Waals surface area contributed by atoms with E-state index in [1.807, 2.05) is 0 Å². The number of halogens is 3. The monoisotopic (exact) mass is 338 g/mol. The minimum atomic E-state index is -4.49. The summed E-state index contributed by atoms with van der Waals surface area (Å²) < 4.78 is 39.0. The molecule has 1 aromatic heterocycles. The molecule has 1 amide bonds. The first-order valence-electron chi connectivity index (χ1n) is 7.68. The summed E-state index contributed by atoms with van der Waals surface area (Å²) in [6.45, 7) is 1.67. The van der Waals surface area contributed by atoms with Crippen LogP contribution in [-0.2, 0) is 6.18 Å². The van der Waals surface area contributed by atoms with Crippen LogP contribution in [0.3, 0.4) is 0 Å². The van der Waals surface area contributed by atoms with Crippen molar-refractivity contribution in [2.75, 3.05) is 13.1 Å². The van der Waals surface area contributed by atoms with E-state index in [0.29, 0.717) is 11.3 Å². The summed E-state index contributed by atoms with van der Waals surface area (Å²) in [5.74, 6) is -0.242. The number of alkyl halides is 3. The summed E-state index contributed by atoms with van der Waals surface area (Å²) in [6, 6.07) is 7.35. The van der Waals surface area contributed by atoms with Crippen molar-refractivity contribution in [3.63, 3.8) is 0 Å². The van der Waals surface area contributed by atoms with Gasteiger partial charge in [-0.05, 0) is 43.7 Å². The summed E-state index contributed by atoms with van der Waals surface area (Å²) in [7, 11) is 0. The number of carbonyl (C=O) groups excluding carboxylic acids is 1. The van der Waals surface area contributed by atoms with Crippen molar-refractivity contribution < 1.29 is 18.0 Å². The fourth-order valence-electron chi connectivity index (χ4n) is 2.65. The molecular weight excluding hydrogens is 321 g/mol. The summed E-state index contributed by atoms with van der Waals surface area (Å²) in [4.78, 5) is 12.3. The maximum atomic E-state index is 12.6. The van der Waals surface area contributed by atoms with Crippen molar-refractivity contribution in [2.45, 2.75) is 25.1 Å². The second kappa shape index (κ2) is 6.64. The molecule has 5 nitrogen and oxygen atoms in total. The average molecular weight is 338 g/mol. The van der Waals surface area contributed by atoms with Crippen molar-refractivity contribution in [3.05, 3.63) is 47.8 Å². The molecular formula is C16H17F3N4O. The van der Waals surface area contributed by atoms with Crippen LogP contribution in [0.2, 0.25) is 0 Å². The van der Waals surface area contributed by atoms with E-state index in [4.69, 9.17) is 0 Å². The zero-order valence-corrected chi connectivity index (χ0v) is 12.8. The predicted octanol–water partition coefficient (Wildman–Crippen LogP) is 2.37. The topological polar surface area (TPSA) is 59.0 Å². The van der Waals surface area contributed by atoms with E-state index in [1.165, 1.54) is 12.3 Å². The van der Waals surface area contributed by atoms with Crippen molar-refractivity contribution >= 4 is 5.91 Å². The van der Waals surface area contributed by atoms with Gasteiger partial charge < -0.3 is 10.6 Å². The van der Waals surface area contributed by atoms with Crippen LogP contribution in [0.4, 0.5) is 13.2 Å². The maximum Gasteiger partial charge on any atom is 0.435 e. The Balaban J connectivity index is 1.76. The molecule has 1 fully saturated rings. The van der Waals surface area contributed by atoms with Gasteiger partial charge in [0.2, 0.25) is 0 Å². The number of piperidine rings is 1. The standard InChI is InChI=1S/C16H17F3N4O/c17-16(18,19)14-6-8-23(22-14)13-5-1-3-11(9-13)15(24)21-12-4-2-7-20-10-12/h1,3,5-6,8-9,12,20H,2,4,7,10H2,(H,21,24)/t12-/m0/s1. The molecule has 2 aromatic rings. The van der Waals surface area contributed by atoms with Crippen LogP contribution < -0.4 is 10.6 Å². The highest BCUT2D eigenvalue weighted by molar-refractivity contribution is 5.94. The van der Waals surface area contributed by atoms with Gasteiger partial charge in [0.05, 0.1) is 5.69 Å². The second-order valence-corrected chi connectivity index (χ2v) is 5.71. The van der Waals surface area contributed by atoms with E-state index in [0.717, 1.165) is 36.7 Å². The first-order chi connectivity index (χ1) is 11.4. The number of aromatic nitrogens is 2. The highest BCUT2D eigenvalue weighted by Crippen LogP contribution is 2.27. The molecule has 128 valence electrons. The summed E-state index contributed by atoms with van der Waals surface area (Å²) in [5.41, 5.74) is -0.173. The van der Waals surface area contributed by atoms with Crippen LogP contribution in [0, 0.1) is 0 Å². The Bertz CT molecular complexity index is 720. The summed E-state index contributed by atoms with van der Waals surface area (Å²) in [5, 5.41) is 9.66. The van der Waals surface area contributed by atoms with Crippen LogP contribution >= 0.6 is 0 Å². The third-order valence-electron chi connectivity index (χ3n) is 3.88. The van der Waals surface area contributed by atoms with Crippen LogP contribution in [-0.4, -0.2) is 34.8 Å². The van der Waals surface area contributed by atoms with Gasteiger partial charge >= 0.3 is 6.18 Å². The molecule has 1 saturated heterocycles. The van der Waals surface area contributed by atoms with Gasteiger partial charge in [0, 0.05) is 24.3 Å². The van der Waals surface area contributed by atoms with Gasteiger partial charge in [-0.15, -0.1) is 0 Å². The highest BCUT2D eigenvalue weighted by atomic mass is 19.4. The molecule has 1 aliphatic heterocycles. The summed E-state index contributed by atoms with van der Waals surface area (Å²) >= 11 is 0. The van der Waals surface area contributed by atoms with E-state index in [-0.39, 0.29) is 11.9 Å². The van der Waals surface area contributed by atoms with Gasteiger partial charge in [0.15, 0.2) is 5.69 Å². The lowest BCUT2D eigenvalue weighted by atomic mass is 10.1. The zero-order chi connectivity index (χ0) is 17.2. The van der Waals surface area contributed by atoms with Crippen LogP contribution in [0.25, 0.3) is 5.69 Å². The van der Waals surface area contributed by atoms with Crippen LogP contribution in [0.15, 0.2) is 36.5 Å². The molecule has 0 aliphatic carbocycles. The molecule has 2 N–H and O–H groups in total. The van der Waals surface area contributed by atoms with E-state index in [2.05, 4.69) is 15.7 Å². The van der Waals surface area contributed by atoms with Gasteiger partial charge in [-0.1, -0.05) is 6.07 Å². The number of nitrogens with one attached hydrogen (secondary N) is 2. The van der Waals surface area contributed by atoms with Crippen molar-refractivity contribution in [3.8, 4) is 5.69 Å². The van der Waals surface area contributed by atoms with Gasteiger partial charge in [-0.2, -0.15) is 18.3 Å². The van der Waals surface area contributed by atoms with Gasteiger partial charge in [-0.3, -0.25) is 4.79 Å². The number of hydrogen-bond acceptors (Lipinski definition) is 3. The Kier molecular flexibility index (Phi) is 4.57. The SMILES string of the molecule is O=C(N[C@H]1CCCNC1)c1cccc(-n2ccc(C(F)(F)F)n2)c1. The maximum absolute atomic E-state index is 12.6. The third-order valence-corrected chi connectivity index (χ3v) is 3.88. The molecule has 1 aliphatic rings. The highest BCUT2D eigenvalue weighted by Gasteiger charge is 2.33. The fraction of sp³-hybridized carbons (Fsp3) is 0.375. The van der Waals surface area contributed by atoms with Gasteiger partial charge in [0.25, 0.3) is 5.91 Å². The molecule has 1 aromatic carbocycles. The van der Waals surface area contributed by atoms with Crippen molar-refractivity contribution in [1.29, 1.82) is 0 Å². The Morgan fingerprint density at radius 2 is 2.17 bits per heavy atom. The summed E-state index contributed by atoms with van der Waals surface area (Å²) in [6.07, 6.45) is -1.36. The molecule has 3 rings (SSSR count). The fourth-order valence-corrected chi connectivity index (χ4v) is 2.65. The quantitative estimate of drug-likeness (QED) is 0.903. The average Bonchev–Trinajstić information content (AvgIpc) is 3.06. The first-order valence-corrected chi connectivity index (χ1v) is 7.68. The first kappa shape index (κ1) is 16.5. The Hall–Kier alpha value is -2.35. The molecule has 8 heteroatoms. The van der Waals surface area contributed by atoms with E-state index in [1.54, 1.807) is 18.2 Å². The number of rotatable bonds is 3. The van der Waals surface area contributed by atoms with E-state index in [9.17, 15) is 18.0 Å². The minimum Gasteiger partial charge on any atom is -0.348 e. The Labute approximate surface area is 136 Å². The molecule has 2 heterocycles. The molecule has 0 bridgehead atoms. The second-order valence-electron chi connectivity index (χ2n) is 5.71. The number of nitrogens with zero attached hydrogens (tertiary/aromatic N) is 2. The van der Waals surface area contributed by atoms with Crippen LogP contribution in [0.1, 0.15) is 28.9 Å². The minimum absolute atomic E-state index is 0.0661. The van der Waals surface area contributed by atoms with Gasteiger partial charge in [-0.25, -0.2) is 4.68 Å². The van der Waals surface area contributed by atoms with Crippen molar-refractivity contribution in [1.82, 2.24) is 20.4 Å². The number of carbonyl (C=O) groups is 1. The molecule has 0 unspecified atom stereocenters. The number of hydrogen-bond donors (Lipinski definition) is 2. The number of benzene rings is 1. The van der Waals surface area contributed by atoms with E-state index >= 15 is 0 Å². The Morgan fingerprint density at radius 3 is 2.83 bits per heavy atom. The lowest BCUT2D eigenvalue weighted by Crippen LogP contribution is -2.45. The molecule has 0 spiro atoms. The molecule has 1 atom stereocenters. The largest absolute Gasteiger partial charge is 0.435 e. The lowest BCUT2D eigenvalue weighted by molar-refractivity contribution is -0.141. The lowest BCUT2D eigenvalue weighted by Gasteiger charge is -2.23. The third kappa shape index (κ3) is 3.76. The van der Waals surface area contributed by atoms with E-state index < -0.39 is 11.9 Å². The Morgan fingerprint density at radius 1 is 1.33 bits per heavy atom. The van der Waals surface area contributed by atoms with Gasteiger partial charge in [0.1, 0.15) is 0 Å². The normalized spacial score (nSPS) is 18.4. The number of amides is 1. The zero-order valence-electron chi connectivity index (χ0n) is 12.8.